The van der Waals surface area contributed by atoms with E-state index < -0.39 is 11.2 Å². The van der Waals surface area contributed by atoms with E-state index in [1.807, 2.05) is 45.1 Å². The quantitative estimate of drug-likeness (QED) is 0.194. The molecule has 38 heavy (non-hydrogen) atoms. The molecule has 0 fully saturated rings. The largest absolute Gasteiger partial charge is 0.485 e. The lowest BCUT2D eigenvalue weighted by Gasteiger charge is -2.22. The van der Waals surface area contributed by atoms with Crippen LogP contribution in [0.25, 0.3) is 11.0 Å². The molecule has 0 aliphatic rings. The molecule has 1 aromatic heterocycles. The van der Waals surface area contributed by atoms with Gasteiger partial charge in [-0.2, -0.15) is 0 Å². The molecule has 0 amide bonds. The van der Waals surface area contributed by atoms with Crippen molar-refractivity contribution in [2.45, 2.75) is 93.6 Å². The molecule has 0 aliphatic carbocycles. The first-order chi connectivity index (χ1) is 17.9. The fourth-order valence-electron chi connectivity index (χ4n) is 3.75. The van der Waals surface area contributed by atoms with E-state index in [-0.39, 0.29) is 12.4 Å². The van der Waals surface area contributed by atoms with Crippen LogP contribution >= 0.6 is 0 Å². The molecule has 5 heteroatoms. The van der Waals surface area contributed by atoms with Crippen LogP contribution in [0, 0.1) is 0 Å². The molecule has 0 unspecified atom stereocenters. The average molecular weight is 523 g/mol. The predicted octanol–water partition coefficient (Wildman–Crippen LogP) is 9.11. The van der Waals surface area contributed by atoms with Crippen molar-refractivity contribution in [3.05, 3.63) is 75.2 Å². The first-order valence-electron chi connectivity index (χ1n) is 13.5. The summed E-state index contributed by atoms with van der Waals surface area (Å²) in [5, 5.41) is 0.640. The second-order valence-corrected chi connectivity index (χ2v) is 11.3. The second-order valence-electron chi connectivity index (χ2n) is 11.3. The number of hydrogen-bond acceptors (Lipinski definition) is 5. The minimum Gasteiger partial charge on any atom is -0.485 e. The molecule has 0 saturated carbocycles. The minimum absolute atomic E-state index is 0.0781. The maximum Gasteiger partial charge on any atom is 0.383 e. The molecule has 5 nitrogen and oxygen atoms in total. The number of hydrogen-bond donors (Lipinski definition) is 0. The summed E-state index contributed by atoms with van der Waals surface area (Å²) in [5.41, 5.74) is 4.36. The van der Waals surface area contributed by atoms with Crippen LogP contribution in [0.2, 0.25) is 0 Å². The molecule has 2 rings (SSSR count). The Hall–Kier alpha value is -3.21. The molecular formula is C33H46O5. The zero-order chi connectivity index (χ0) is 28.3. The van der Waals surface area contributed by atoms with E-state index in [1.54, 1.807) is 6.07 Å². The predicted molar refractivity (Wildman–Crippen MR) is 159 cm³/mol. The van der Waals surface area contributed by atoms with Crippen molar-refractivity contribution in [1.29, 1.82) is 0 Å². The van der Waals surface area contributed by atoms with Crippen LogP contribution < -0.4 is 19.8 Å². The Morgan fingerprint density at radius 1 is 0.789 bits per heavy atom. The minimum atomic E-state index is -0.586. The van der Waals surface area contributed by atoms with Gasteiger partial charge in [0.2, 0.25) is 5.75 Å². The summed E-state index contributed by atoms with van der Waals surface area (Å²) in [6, 6.07) is 5.53. The number of allylic oxidation sites excluding steroid dienone is 6. The van der Waals surface area contributed by atoms with Crippen LogP contribution in [0.5, 0.6) is 17.2 Å². The maximum absolute atomic E-state index is 13.1. The Kier molecular flexibility index (Phi) is 12.0. The highest BCUT2D eigenvalue weighted by atomic mass is 16.5. The van der Waals surface area contributed by atoms with Crippen molar-refractivity contribution < 1.29 is 18.6 Å². The molecule has 0 atom stereocenters. The number of rotatable bonds is 13. The van der Waals surface area contributed by atoms with E-state index in [2.05, 4.69) is 53.7 Å². The molecule has 0 saturated heterocycles. The van der Waals surface area contributed by atoms with Gasteiger partial charge >= 0.3 is 5.63 Å². The lowest BCUT2D eigenvalue weighted by Crippen LogP contribution is -2.23. The van der Waals surface area contributed by atoms with Crippen molar-refractivity contribution in [1.82, 2.24) is 0 Å². The van der Waals surface area contributed by atoms with Crippen LogP contribution in [0.3, 0.4) is 0 Å². The Morgan fingerprint density at radius 2 is 1.32 bits per heavy atom. The van der Waals surface area contributed by atoms with Crippen LogP contribution in [-0.2, 0) is 0 Å². The molecule has 0 N–H and O–H groups in total. The van der Waals surface area contributed by atoms with Crippen LogP contribution in [-0.4, -0.2) is 18.8 Å². The van der Waals surface area contributed by atoms with Crippen molar-refractivity contribution >= 4 is 11.0 Å². The Balaban J connectivity index is 2.37. The standard InChI is InChI=1S/C33H46O5/c1-23(2)13-10-15-25(5)19-21-35-30-27-17-12-18-28(38-33(7,8)9)29(27)37-32(34)31(30)36-22-20-26(6)16-11-14-24(3)4/h12-14,17-20H,10-11,15-16,21-22H2,1-9H3/b25-19+,26-20+. The maximum atomic E-state index is 13.1. The highest BCUT2D eigenvalue weighted by Crippen LogP contribution is 2.38. The SMILES string of the molecule is CC(C)=CCC/C(C)=C/COc1c(OC/C=C(\C)CCC=C(C)C)c2cccc(OC(C)(C)C)c2oc1=O. The number of para-hydroxylation sites is 1. The number of benzene rings is 1. The Bertz CT molecular complexity index is 1240. The van der Waals surface area contributed by atoms with Gasteiger partial charge in [0.15, 0.2) is 17.1 Å². The fourth-order valence-corrected chi connectivity index (χ4v) is 3.75. The zero-order valence-electron chi connectivity index (χ0n) is 24.8. The van der Waals surface area contributed by atoms with E-state index in [0.717, 1.165) is 25.7 Å². The van der Waals surface area contributed by atoms with Crippen LogP contribution in [0.15, 0.2) is 74.0 Å². The van der Waals surface area contributed by atoms with Gasteiger partial charge in [-0.05, 0) is 112 Å². The lowest BCUT2D eigenvalue weighted by atomic mass is 10.1. The zero-order valence-corrected chi connectivity index (χ0v) is 24.8. The fraction of sp³-hybridized carbons (Fsp3) is 0.485. The van der Waals surface area contributed by atoms with Gasteiger partial charge < -0.3 is 18.6 Å². The molecule has 0 bridgehead atoms. The highest BCUT2D eigenvalue weighted by molar-refractivity contribution is 5.90. The molecule has 0 aliphatic heterocycles. The summed E-state index contributed by atoms with van der Waals surface area (Å²) in [5.74, 6) is 0.945. The summed E-state index contributed by atoms with van der Waals surface area (Å²) >= 11 is 0. The van der Waals surface area contributed by atoms with Gasteiger partial charge in [0.25, 0.3) is 0 Å². The van der Waals surface area contributed by atoms with Crippen LogP contribution in [0.1, 0.15) is 88.0 Å². The summed E-state index contributed by atoms with van der Waals surface area (Å²) in [7, 11) is 0. The summed E-state index contributed by atoms with van der Waals surface area (Å²) in [6.07, 6.45) is 12.4. The third-order valence-corrected chi connectivity index (χ3v) is 5.73. The van der Waals surface area contributed by atoms with E-state index in [1.165, 1.54) is 22.3 Å². The van der Waals surface area contributed by atoms with E-state index in [9.17, 15) is 4.79 Å². The highest BCUT2D eigenvalue weighted by Gasteiger charge is 2.22. The second kappa shape index (κ2) is 14.7. The Labute approximate surface area is 228 Å². The monoisotopic (exact) mass is 522 g/mol. The van der Waals surface area contributed by atoms with Crippen LogP contribution in [0.4, 0.5) is 0 Å². The van der Waals surface area contributed by atoms with Crippen molar-refractivity contribution in [2.24, 2.45) is 0 Å². The molecule has 1 aromatic carbocycles. The first kappa shape index (κ1) is 31.0. The van der Waals surface area contributed by atoms with Gasteiger partial charge in [0.1, 0.15) is 18.8 Å². The molecule has 208 valence electrons. The van der Waals surface area contributed by atoms with Gasteiger partial charge in [0, 0.05) is 0 Å². The summed E-state index contributed by atoms with van der Waals surface area (Å²) in [6.45, 7) is 19.0. The smallest absolute Gasteiger partial charge is 0.383 e. The lowest BCUT2D eigenvalue weighted by molar-refractivity contribution is 0.131. The van der Waals surface area contributed by atoms with Gasteiger partial charge in [-0.1, -0.05) is 40.5 Å². The van der Waals surface area contributed by atoms with Gasteiger partial charge in [-0.3, -0.25) is 0 Å². The molecule has 0 spiro atoms. The van der Waals surface area contributed by atoms with Gasteiger partial charge in [-0.15, -0.1) is 0 Å². The van der Waals surface area contributed by atoms with Crippen molar-refractivity contribution in [2.75, 3.05) is 13.2 Å². The number of ether oxygens (including phenoxy) is 3. The number of fused-ring (bicyclic) bond motifs is 1. The molecule has 0 radical (unpaired) electrons. The van der Waals surface area contributed by atoms with E-state index >= 15 is 0 Å². The summed E-state index contributed by atoms with van der Waals surface area (Å²) < 4.78 is 24.0. The third kappa shape index (κ3) is 10.6. The Morgan fingerprint density at radius 3 is 1.82 bits per heavy atom. The normalized spacial score (nSPS) is 12.3. The van der Waals surface area contributed by atoms with Crippen molar-refractivity contribution in [3.8, 4) is 17.2 Å². The summed E-state index contributed by atoms with van der Waals surface area (Å²) in [4.78, 5) is 13.1. The van der Waals surface area contributed by atoms with E-state index in [4.69, 9.17) is 18.6 Å². The van der Waals surface area contributed by atoms with Crippen molar-refractivity contribution in [3.63, 3.8) is 0 Å². The molecule has 1 heterocycles. The molecule has 2 aromatic rings. The van der Waals surface area contributed by atoms with E-state index in [0.29, 0.717) is 29.1 Å². The third-order valence-electron chi connectivity index (χ3n) is 5.73. The first-order valence-corrected chi connectivity index (χ1v) is 13.5. The van der Waals surface area contributed by atoms with Gasteiger partial charge in [0.05, 0.1) is 5.39 Å². The van der Waals surface area contributed by atoms with Gasteiger partial charge in [-0.25, -0.2) is 4.79 Å². The average Bonchev–Trinajstić information content (AvgIpc) is 2.79. The topological polar surface area (TPSA) is 57.9 Å². The molecular weight excluding hydrogens is 476 g/mol.